The zero-order valence-corrected chi connectivity index (χ0v) is 12.7. The van der Waals surface area contributed by atoms with E-state index in [9.17, 15) is 18.0 Å². The van der Waals surface area contributed by atoms with Gasteiger partial charge in [0, 0.05) is 11.6 Å². The second kappa shape index (κ2) is 7.48. The SMILES string of the molecule is CCCCCc1ccc(NC(=O)C(C)C)cc1C(F)(F)F. The summed E-state index contributed by atoms with van der Waals surface area (Å²) in [5.74, 6) is -0.564. The summed E-state index contributed by atoms with van der Waals surface area (Å²) in [6, 6.07) is 4.03. The molecule has 0 saturated heterocycles. The smallest absolute Gasteiger partial charge is 0.326 e. The van der Waals surface area contributed by atoms with Gasteiger partial charge in [-0.1, -0.05) is 39.7 Å². The van der Waals surface area contributed by atoms with Crippen LogP contribution in [0.4, 0.5) is 18.9 Å². The van der Waals surface area contributed by atoms with Crippen LogP contribution < -0.4 is 5.32 Å². The van der Waals surface area contributed by atoms with Crippen molar-refractivity contribution in [2.45, 2.75) is 52.6 Å². The highest BCUT2D eigenvalue weighted by Crippen LogP contribution is 2.34. The van der Waals surface area contributed by atoms with Gasteiger partial charge in [0.05, 0.1) is 5.56 Å². The molecule has 0 bridgehead atoms. The summed E-state index contributed by atoms with van der Waals surface area (Å²) in [6.45, 7) is 5.40. The van der Waals surface area contributed by atoms with Crippen LogP contribution in [0.25, 0.3) is 0 Å². The summed E-state index contributed by atoms with van der Waals surface area (Å²) in [5.41, 5.74) is -0.168. The van der Waals surface area contributed by atoms with Crippen molar-refractivity contribution in [2.75, 3.05) is 5.32 Å². The summed E-state index contributed by atoms with van der Waals surface area (Å²) in [7, 11) is 0. The largest absolute Gasteiger partial charge is 0.416 e. The number of amides is 1. The number of hydrogen-bond donors (Lipinski definition) is 1. The van der Waals surface area contributed by atoms with E-state index in [0.29, 0.717) is 12.0 Å². The Balaban J connectivity index is 2.99. The van der Waals surface area contributed by atoms with Gasteiger partial charge in [0.1, 0.15) is 0 Å². The van der Waals surface area contributed by atoms with Crippen molar-refractivity contribution in [3.05, 3.63) is 29.3 Å². The first kappa shape index (κ1) is 17.5. The number of halogens is 3. The van der Waals surface area contributed by atoms with Crippen LogP contribution in [-0.2, 0) is 17.4 Å². The Bertz CT molecular complexity index is 481. The van der Waals surface area contributed by atoms with E-state index in [0.717, 1.165) is 25.3 Å². The second-order valence-electron chi connectivity index (χ2n) is 5.47. The van der Waals surface area contributed by atoms with Crippen molar-refractivity contribution in [3.8, 4) is 0 Å². The van der Waals surface area contributed by atoms with Crippen molar-refractivity contribution in [2.24, 2.45) is 5.92 Å². The topological polar surface area (TPSA) is 29.1 Å². The average Bonchev–Trinajstić information content (AvgIpc) is 2.39. The predicted octanol–water partition coefficient (Wildman–Crippen LogP) is 5.03. The number of carbonyl (C=O) groups excluding carboxylic acids is 1. The Morgan fingerprint density at radius 2 is 1.90 bits per heavy atom. The molecule has 5 heteroatoms. The van der Waals surface area contributed by atoms with Crippen LogP contribution >= 0.6 is 0 Å². The van der Waals surface area contributed by atoms with E-state index in [-0.39, 0.29) is 17.5 Å². The summed E-state index contributed by atoms with van der Waals surface area (Å²) in [4.78, 5) is 11.6. The lowest BCUT2D eigenvalue weighted by molar-refractivity contribution is -0.138. The van der Waals surface area contributed by atoms with Crippen LogP contribution in [0, 0.1) is 5.92 Å². The molecule has 0 unspecified atom stereocenters. The third-order valence-electron chi connectivity index (χ3n) is 3.26. The van der Waals surface area contributed by atoms with E-state index in [1.807, 2.05) is 6.92 Å². The van der Waals surface area contributed by atoms with Gasteiger partial charge in [0.15, 0.2) is 0 Å². The van der Waals surface area contributed by atoms with E-state index in [4.69, 9.17) is 0 Å². The van der Waals surface area contributed by atoms with E-state index in [1.54, 1.807) is 13.8 Å². The lowest BCUT2D eigenvalue weighted by Crippen LogP contribution is -2.18. The summed E-state index contributed by atoms with van der Waals surface area (Å²) < 4.78 is 39.4. The molecule has 0 saturated carbocycles. The van der Waals surface area contributed by atoms with Gasteiger partial charge in [-0.25, -0.2) is 0 Å². The van der Waals surface area contributed by atoms with Crippen LogP contribution in [-0.4, -0.2) is 5.91 Å². The fraction of sp³-hybridized carbons (Fsp3) is 0.562. The molecule has 0 aliphatic rings. The van der Waals surface area contributed by atoms with Crippen molar-refractivity contribution in [1.82, 2.24) is 0 Å². The first-order chi connectivity index (χ1) is 9.75. The molecule has 1 aromatic carbocycles. The van der Waals surface area contributed by atoms with Crippen molar-refractivity contribution >= 4 is 11.6 Å². The molecule has 1 amide bonds. The van der Waals surface area contributed by atoms with Crippen LogP contribution in [0.15, 0.2) is 18.2 Å². The lowest BCUT2D eigenvalue weighted by atomic mass is 10.00. The molecule has 21 heavy (non-hydrogen) atoms. The van der Waals surface area contributed by atoms with Gasteiger partial charge in [-0.2, -0.15) is 13.2 Å². The Morgan fingerprint density at radius 1 is 1.24 bits per heavy atom. The van der Waals surface area contributed by atoms with Crippen molar-refractivity contribution in [1.29, 1.82) is 0 Å². The van der Waals surface area contributed by atoms with Gasteiger partial charge < -0.3 is 5.32 Å². The lowest BCUT2D eigenvalue weighted by Gasteiger charge is -2.15. The van der Waals surface area contributed by atoms with Crippen LogP contribution in [0.1, 0.15) is 51.2 Å². The maximum Gasteiger partial charge on any atom is 0.416 e. The van der Waals surface area contributed by atoms with Crippen LogP contribution in [0.5, 0.6) is 0 Å². The highest BCUT2D eigenvalue weighted by atomic mass is 19.4. The predicted molar refractivity (Wildman–Crippen MR) is 78.1 cm³/mol. The molecule has 1 N–H and O–H groups in total. The molecule has 0 aliphatic heterocycles. The molecular weight excluding hydrogens is 279 g/mol. The maximum absolute atomic E-state index is 13.1. The monoisotopic (exact) mass is 301 g/mol. The Kier molecular flexibility index (Phi) is 6.24. The Labute approximate surface area is 123 Å². The number of anilines is 1. The number of hydrogen-bond acceptors (Lipinski definition) is 1. The Hall–Kier alpha value is -1.52. The molecule has 2 nitrogen and oxygen atoms in total. The molecule has 0 aliphatic carbocycles. The number of nitrogens with one attached hydrogen (secondary N) is 1. The van der Waals surface area contributed by atoms with Crippen molar-refractivity contribution < 1.29 is 18.0 Å². The maximum atomic E-state index is 13.1. The first-order valence-corrected chi connectivity index (χ1v) is 7.26. The quantitative estimate of drug-likeness (QED) is 0.733. The molecule has 1 aromatic rings. The third-order valence-corrected chi connectivity index (χ3v) is 3.26. The summed E-state index contributed by atoms with van der Waals surface area (Å²) >= 11 is 0. The van der Waals surface area contributed by atoms with Gasteiger partial charge in [-0.3, -0.25) is 4.79 Å². The highest BCUT2D eigenvalue weighted by molar-refractivity contribution is 5.92. The van der Waals surface area contributed by atoms with Gasteiger partial charge in [-0.05, 0) is 30.5 Å². The fourth-order valence-corrected chi connectivity index (χ4v) is 1.99. The molecule has 0 aromatic heterocycles. The molecule has 1 rings (SSSR count). The summed E-state index contributed by atoms with van der Waals surface area (Å²) in [5, 5.41) is 2.51. The Morgan fingerprint density at radius 3 is 2.43 bits per heavy atom. The van der Waals surface area contributed by atoms with Gasteiger partial charge >= 0.3 is 6.18 Å². The number of benzene rings is 1. The fourth-order valence-electron chi connectivity index (χ4n) is 1.99. The highest BCUT2D eigenvalue weighted by Gasteiger charge is 2.33. The number of rotatable bonds is 6. The van der Waals surface area contributed by atoms with Crippen LogP contribution in [0.3, 0.4) is 0 Å². The number of alkyl halides is 3. The molecule has 0 spiro atoms. The zero-order valence-electron chi connectivity index (χ0n) is 12.7. The van der Waals surface area contributed by atoms with E-state index in [1.165, 1.54) is 12.1 Å². The molecule has 118 valence electrons. The minimum Gasteiger partial charge on any atom is -0.326 e. The third kappa shape index (κ3) is 5.40. The minimum atomic E-state index is -4.40. The molecule has 0 atom stereocenters. The van der Waals surface area contributed by atoms with E-state index >= 15 is 0 Å². The first-order valence-electron chi connectivity index (χ1n) is 7.26. The molecular formula is C16H22F3NO. The minimum absolute atomic E-state index is 0.195. The van der Waals surface area contributed by atoms with Gasteiger partial charge in [0.2, 0.25) is 5.91 Å². The number of unbranched alkanes of at least 4 members (excludes halogenated alkanes) is 2. The molecule has 0 fully saturated rings. The number of aryl methyl sites for hydroxylation is 1. The standard InChI is InChI=1S/C16H22F3NO/c1-4-5-6-7-12-8-9-13(20-15(21)11(2)3)10-14(12)16(17,18)19/h8-11H,4-7H2,1-3H3,(H,20,21). The van der Waals surface area contributed by atoms with E-state index < -0.39 is 11.7 Å². The average molecular weight is 301 g/mol. The number of carbonyl (C=O) groups is 1. The summed E-state index contributed by atoms with van der Waals surface area (Å²) in [6.07, 6.45) is -1.40. The molecule has 0 radical (unpaired) electrons. The zero-order chi connectivity index (χ0) is 16.0. The van der Waals surface area contributed by atoms with Crippen molar-refractivity contribution in [3.63, 3.8) is 0 Å². The van der Waals surface area contributed by atoms with Crippen LogP contribution in [0.2, 0.25) is 0 Å². The van der Waals surface area contributed by atoms with Gasteiger partial charge in [0.25, 0.3) is 0 Å². The second-order valence-corrected chi connectivity index (χ2v) is 5.47. The van der Waals surface area contributed by atoms with Gasteiger partial charge in [-0.15, -0.1) is 0 Å². The normalized spacial score (nSPS) is 11.8. The van der Waals surface area contributed by atoms with E-state index in [2.05, 4.69) is 5.32 Å². The molecule has 0 heterocycles.